The van der Waals surface area contributed by atoms with Gasteiger partial charge in [-0.15, -0.1) is 0 Å². The molecular weight excluding hydrogens is 294 g/mol. The predicted octanol–water partition coefficient (Wildman–Crippen LogP) is 6.45. The zero-order valence-corrected chi connectivity index (χ0v) is 16.6. The lowest BCUT2D eigenvalue weighted by atomic mass is 9.89. The molecular formula is C19H32F2Si. The van der Waals surface area contributed by atoms with Crippen LogP contribution in [0.4, 0.5) is 8.22 Å². The summed E-state index contributed by atoms with van der Waals surface area (Å²) in [7, 11) is -4.55. The summed E-state index contributed by atoms with van der Waals surface area (Å²) >= 11 is 0. The number of benzene rings is 1. The first-order valence-corrected chi connectivity index (χ1v) is 10.1. The lowest BCUT2D eigenvalue weighted by Gasteiger charge is -2.33. The largest absolute Gasteiger partial charge is 0.461 e. The van der Waals surface area contributed by atoms with Gasteiger partial charge in [0.2, 0.25) is 0 Å². The van der Waals surface area contributed by atoms with E-state index in [0.717, 1.165) is 11.1 Å². The predicted molar refractivity (Wildman–Crippen MR) is 96.0 cm³/mol. The van der Waals surface area contributed by atoms with Crippen LogP contribution in [0.2, 0.25) is 5.04 Å². The molecule has 0 aliphatic carbocycles. The lowest BCUT2D eigenvalue weighted by molar-refractivity contribution is 0.517. The molecule has 0 unspecified atom stereocenters. The van der Waals surface area contributed by atoms with Crippen LogP contribution in [0.5, 0.6) is 0 Å². The number of hydrogen-bond acceptors (Lipinski definition) is 0. The van der Waals surface area contributed by atoms with Crippen molar-refractivity contribution in [1.82, 2.24) is 0 Å². The fourth-order valence-corrected chi connectivity index (χ4v) is 4.89. The highest BCUT2D eigenvalue weighted by atomic mass is 28.4. The van der Waals surface area contributed by atoms with Crippen molar-refractivity contribution in [2.45, 2.75) is 85.1 Å². The summed E-state index contributed by atoms with van der Waals surface area (Å²) in [6.07, 6.45) is 0. The molecule has 0 aliphatic rings. The fraction of sp³-hybridized carbons (Fsp3) is 0.684. The van der Waals surface area contributed by atoms with Gasteiger partial charge in [0.15, 0.2) is 0 Å². The molecule has 0 aliphatic heterocycles. The number of hydrogen-bond donors (Lipinski definition) is 0. The maximum absolute atomic E-state index is 15.4. The Bertz CT molecular complexity index is 494. The van der Waals surface area contributed by atoms with Crippen LogP contribution in [0, 0.1) is 0 Å². The highest BCUT2D eigenvalue weighted by Crippen LogP contribution is 2.41. The van der Waals surface area contributed by atoms with Crippen LogP contribution in [0.25, 0.3) is 0 Å². The molecule has 22 heavy (non-hydrogen) atoms. The Labute approximate surface area is 136 Å². The van der Waals surface area contributed by atoms with Gasteiger partial charge in [-0.2, -0.15) is 0 Å². The molecule has 0 radical (unpaired) electrons. The van der Waals surface area contributed by atoms with Crippen molar-refractivity contribution in [2.75, 3.05) is 0 Å². The molecule has 0 N–H and O–H groups in total. The SMILES string of the molecule is CC(C)c1cc(C(C)C)c([Si](F)(F)C(C)(C)C)c(C(C)C)c1. The highest BCUT2D eigenvalue weighted by molar-refractivity contribution is 6.83. The minimum atomic E-state index is -4.55. The molecule has 0 amide bonds. The van der Waals surface area contributed by atoms with E-state index in [1.807, 2.05) is 39.8 Å². The van der Waals surface area contributed by atoms with E-state index in [2.05, 4.69) is 13.8 Å². The zero-order valence-electron chi connectivity index (χ0n) is 15.6. The average molecular weight is 327 g/mol. The Morgan fingerprint density at radius 1 is 0.773 bits per heavy atom. The van der Waals surface area contributed by atoms with Crippen LogP contribution >= 0.6 is 0 Å². The third kappa shape index (κ3) is 3.61. The quantitative estimate of drug-likeness (QED) is 0.441. The van der Waals surface area contributed by atoms with Gasteiger partial charge in [0.05, 0.1) is 0 Å². The van der Waals surface area contributed by atoms with Crippen LogP contribution < -0.4 is 5.19 Å². The van der Waals surface area contributed by atoms with Crippen LogP contribution in [0.1, 0.15) is 96.8 Å². The summed E-state index contributed by atoms with van der Waals surface area (Å²) in [6, 6.07) is 4.06. The van der Waals surface area contributed by atoms with Crippen LogP contribution in [-0.4, -0.2) is 8.74 Å². The second-order valence-electron chi connectivity index (χ2n) is 8.36. The normalized spacial score (nSPS) is 13.5. The van der Waals surface area contributed by atoms with Gasteiger partial charge in [0.25, 0.3) is 0 Å². The Kier molecular flexibility index (Phi) is 5.65. The van der Waals surface area contributed by atoms with Gasteiger partial charge in [-0.3, -0.25) is 8.22 Å². The molecule has 0 aromatic heterocycles. The summed E-state index contributed by atoms with van der Waals surface area (Å²) in [5.74, 6) is 0.591. The molecule has 0 saturated heterocycles. The first kappa shape index (κ1) is 19.3. The van der Waals surface area contributed by atoms with Gasteiger partial charge in [-0.25, -0.2) is 0 Å². The van der Waals surface area contributed by atoms with Gasteiger partial charge < -0.3 is 0 Å². The van der Waals surface area contributed by atoms with Crippen molar-refractivity contribution < 1.29 is 8.22 Å². The Morgan fingerprint density at radius 3 is 1.36 bits per heavy atom. The topological polar surface area (TPSA) is 0 Å². The molecule has 1 rings (SSSR count). The summed E-state index contributed by atoms with van der Waals surface area (Å²) in [4.78, 5) is 0. The van der Waals surface area contributed by atoms with Gasteiger partial charge in [-0.1, -0.05) is 74.4 Å². The molecule has 1 aromatic rings. The van der Waals surface area contributed by atoms with Gasteiger partial charge in [-0.05, 0) is 34.4 Å². The molecule has 3 heteroatoms. The van der Waals surface area contributed by atoms with E-state index in [0.29, 0.717) is 11.1 Å². The monoisotopic (exact) mass is 326 g/mol. The van der Waals surface area contributed by atoms with Crippen LogP contribution in [0.15, 0.2) is 12.1 Å². The second-order valence-corrected chi connectivity index (χ2v) is 11.5. The van der Waals surface area contributed by atoms with E-state index >= 15 is 8.22 Å². The molecule has 0 atom stereocenters. The summed E-state index contributed by atoms with van der Waals surface area (Å²) in [6.45, 7) is 17.4. The van der Waals surface area contributed by atoms with E-state index in [1.165, 1.54) is 5.56 Å². The third-order valence-electron chi connectivity index (χ3n) is 4.39. The molecule has 126 valence electrons. The smallest absolute Gasteiger partial charge is 0.264 e. The van der Waals surface area contributed by atoms with Crippen LogP contribution in [0.3, 0.4) is 0 Å². The lowest BCUT2D eigenvalue weighted by Crippen LogP contribution is -2.51. The van der Waals surface area contributed by atoms with Crippen molar-refractivity contribution in [1.29, 1.82) is 0 Å². The molecule has 1 aromatic carbocycles. The van der Waals surface area contributed by atoms with Crippen molar-refractivity contribution >= 4 is 13.9 Å². The molecule has 0 nitrogen and oxygen atoms in total. The second kappa shape index (κ2) is 6.43. The van der Waals surface area contributed by atoms with Crippen molar-refractivity contribution in [3.63, 3.8) is 0 Å². The molecule has 0 heterocycles. The van der Waals surface area contributed by atoms with E-state index in [-0.39, 0.29) is 11.8 Å². The number of rotatable bonds is 4. The summed E-state index contributed by atoms with van der Waals surface area (Å²) < 4.78 is 30.8. The Balaban J connectivity index is 3.81. The first-order chi connectivity index (χ1) is 9.80. The first-order valence-electron chi connectivity index (χ1n) is 8.36. The standard InChI is InChI=1S/C19H32F2Si/c1-12(2)15-10-16(13(3)4)18(17(11-15)14(5)6)22(20,21)19(7,8)9/h10-14H,1-9H3. The zero-order chi connectivity index (χ0) is 17.5. The molecule has 0 bridgehead atoms. The van der Waals surface area contributed by atoms with Gasteiger partial charge in [0.1, 0.15) is 0 Å². The average Bonchev–Trinajstić information content (AvgIpc) is 2.35. The van der Waals surface area contributed by atoms with Gasteiger partial charge in [0, 0.05) is 10.2 Å². The van der Waals surface area contributed by atoms with Crippen molar-refractivity contribution in [2.24, 2.45) is 0 Å². The summed E-state index contributed by atoms with van der Waals surface area (Å²) in [5, 5.41) is -0.561. The maximum atomic E-state index is 15.4. The maximum Gasteiger partial charge on any atom is 0.461 e. The molecule has 0 spiro atoms. The van der Waals surface area contributed by atoms with E-state index in [1.54, 1.807) is 20.8 Å². The van der Waals surface area contributed by atoms with E-state index in [4.69, 9.17) is 0 Å². The Morgan fingerprint density at radius 2 is 1.14 bits per heavy atom. The summed E-state index contributed by atoms with van der Waals surface area (Å²) in [5.41, 5.74) is 2.90. The fourth-order valence-electron chi connectivity index (χ4n) is 2.69. The highest BCUT2D eigenvalue weighted by Gasteiger charge is 2.53. The van der Waals surface area contributed by atoms with E-state index in [9.17, 15) is 0 Å². The molecule has 0 saturated carbocycles. The van der Waals surface area contributed by atoms with Crippen LogP contribution in [-0.2, 0) is 0 Å². The van der Waals surface area contributed by atoms with E-state index < -0.39 is 13.8 Å². The number of halogens is 2. The van der Waals surface area contributed by atoms with Crippen molar-refractivity contribution in [3.05, 3.63) is 28.8 Å². The van der Waals surface area contributed by atoms with Gasteiger partial charge >= 0.3 is 8.74 Å². The Hall–Kier alpha value is -0.703. The minimum absolute atomic E-state index is 0.118. The third-order valence-corrected chi connectivity index (χ3v) is 7.48. The van der Waals surface area contributed by atoms with Crippen molar-refractivity contribution in [3.8, 4) is 0 Å². The minimum Gasteiger partial charge on any atom is -0.264 e. The molecule has 0 fully saturated rings.